The smallest absolute Gasteiger partial charge is 0.240 e. The zero-order valence-corrected chi connectivity index (χ0v) is 10.8. The monoisotopic (exact) mass is 299 g/mol. The molecule has 0 bridgehead atoms. The van der Waals surface area contributed by atoms with Crippen molar-refractivity contribution in [3.8, 4) is 0 Å². The molecule has 0 aliphatic heterocycles. The standard InChI is InChI=1S/C11H11BrFN3O/c1-7-15-11(17-16-7)6-14-5-8-4-9(12)2-3-10(8)13/h2-4,14H,5-6H2,1H3. The number of hydrogen-bond donors (Lipinski definition) is 1. The fourth-order valence-electron chi connectivity index (χ4n) is 1.39. The number of aromatic nitrogens is 2. The van der Waals surface area contributed by atoms with E-state index in [1.165, 1.54) is 6.07 Å². The summed E-state index contributed by atoms with van der Waals surface area (Å²) in [5.41, 5.74) is 0.593. The second-order valence-electron chi connectivity index (χ2n) is 3.57. The van der Waals surface area contributed by atoms with Gasteiger partial charge in [0, 0.05) is 16.6 Å². The Morgan fingerprint density at radius 1 is 1.41 bits per heavy atom. The number of nitrogens with zero attached hydrogens (tertiary/aromatic N) is 2. The lowest BCUT2D eigenvalue weighted by molar-refractivity contribution is 0.363. The van der Waals surface area contributed by atoms with E-state index in [0.29, 0.717) is 30.4 Å². The quantitative estimate of drug-likeness (QED) is 0.943. The summed E-state index contributed by atoms with van der Waals surface area (Å²) in [4.78, 5) is 4.04. The SMILES string of the molecule is Cc1noc(CNCc2cc(Br)ccc2F)n1. The zero-order valence-electron chi connectivity index (χ0n) is 9.20. The van der Waals surface area contributed by atoms with Gasteiger partial charge in [0.25, 0.3) is 0 Å². The molecule has 0 saturated heterocycles. The third kappa shape index (κ3) is 3.34. The maximum absolute atomic E-state index is 13.4. The molecule has 1 aromatic carbocycles. The summed E-state index contributed by atoms with van der Waals surface area (Å²) in [6.07, 6.45) is 0. The molecule has 1 N–H and O–H groups in total. The van der Waals surface area contributed by atoms with Gasteiger partial charge in [0.15, 0.2) is 5.82 Å². The van der Waals surface area contributed by atoms with Crippen molar-refractivity contribution in [1.29, 1.82) is 0 Å². The highest BCUT2D eigenvalue weighted by Crippen LogP contribution is 2.15. The molecule has 0 spiro atoms. The van der Waals surface area contributed by atoms with Crippen molar-refractivity contribution in [2.24, 2.45) is 0 Å². The molecule has 90 valence electrons. The van der Waals surface area contributed by atoms with E-state index in [0.717, 1.165) is 4.47 Å². The molecule has 17 heavy (non-hydrogen) atoms. The van der Waals surface area contributed by atoms with Gasteiger partial charge in [-0.2, -0.15) is 4.98 Å². The summed E-state index contributed by atoms with van der Waals surface area (Å²) in [5.74, 6) is 0.857. The van der Waals surface area contributed by atoms with Gasteiger partial charge in [-0.25, -0.2) is 4.39 Å². The summed E-state index contributed by atoms with van der Waals surface area (Å²) < 4.78 is 19.2. The minimum Gasteiger partial charge on any atom is -0.338 e. The van der Waals surface area contributed by atoms with Crippen LogP contribution in [0.3, 0.4) is 0 Å². The molecule has 0 radical (unpaired) electrons. The van der Waals surface area contributed by atoms with Gasteiger partial charge in [0.1, 0.15) is 5.82 Å². The van der Waals surface area contributed by atoms with Crippen molar-refractivity contribution in [3.63, 3.8) is 0 Å². The Morgan fingerprint density at radius 2 is 2.24 bits per heavy atom. The molecule has 1 aromatic heterocycles. The molecule has 0 atom stereocenters. The second kappa shape index (κ2) is 5.37. The third-order valence-corrected chi connectivity index (χ3v) is 2.66. The topological polar surface area (TPSA) is 51.0 Å². The van der Waals surface area contributed by atoms with E-state index in [2.05, 4.69) is 31.4 Å². The average molecular weight is 300 g/mol. The lowest BCUT2D eigenvalue weighted by Gasteiger charge is -2.04. The molecule has 0 aliphatic carbocycles. The average Bonchev–Trinajstić information content (AvgIpc) is 2.69. The lowest BCUT2D eigenvalue weighted by Crippen LogP contribution is -2.14. The van der Waals surface area contributed by atoms with Crippen LogP contribution in [0, 0.1) is 12.7 Å². The fourth-order valence-corrected chi connectivity index (χ4v) is 1.80. The second-order valence-corrected chi connectivity index (χ2v) is 4.49. The molecular formula is C11H11BrFN3O. The highest BCUT2D eigenvalue weighted by molar-refractivity contribution is 9.10. The molecule has 1 heterocycles. The van der Waals surface area contributed by atoms with Crippen LogP contribution in [0.1, 0.15) is 17.3 Å². The van der Waals surface area contributed by atoms with Crippen LogP contribution in [0.5, 0.6) is 0 Å². The van der Waals surface area contributed by atoms with Crippen LogP contribution in [0.2, 0.25) is 0 Å². The van der Waals surface area contributed by atoms with Gasteiger partial charge in [-0.3, -0.25) is 0 Å². The van der Waals surface area contributed by atoms with Crippen LogP contribution in [0.15, 0.2) is 27.2 Å². The summed E-state index contributed by atoms with van der Waals surface area (Å²) in [6.45, 7) is 2.58. The predicted octanol–water partition coefficient (Wildman–Crippen LogP) is 2.57. The highest BCUT2D eigenvalue weighted by Gasteiger charge is 2.05. The molecule has 0 amide bonds. The van der Waals surface area contributed by atoms with Crippen LogP contribution in [0.4, 0.5) is 4.39 Å². The Bertz CT molecular complexity index is 515. The van der Waals surface area contributed by atoms with Gasteiger partial charge in [-0.05, 0) is 25.1 Å². The normalized spacial score (nSPS) is 10.8. The Kier molecular flexibility index (Phi) is 3.86. The minimum atomic E-state index is -0.234. The van der Waals surface area contributed by atoms with Gasteiger partial charge in [0.2, 0.25) is 5.89 Å². The first-order valence-electron chi connectivity index (χ1n) is 5.09. The maximum Gasteiger partial charge on any atom is 0.240 e. The lowest BCUT2D eigenvalue weighted by atomic mass is 10.2. The maximum atomic E-state index is 13.4. The van der Waals surface area contributed by atoms with Gasteiger partial charge >= 0.3 is 0 Å². The van der Waals surface area contributed by atoms with Gasteiger partial charge in [-0.1, -0.05) is 21.1 Å². The summed E-state index contributed by atoms with van der Waals surface area (Å²) in [6, 6.07) is 4.83. The van der Waals surface area contributed by atoms with E-state index in [-0.39, 0.29) is 5.82 Å². The summed E-state index contributed by atoms with van der Waals surface area (Å²) >= 11 is 3.30. The van der Waals surface area contributed by atoms with E-state index in [1.54, 1.807) is 19.1 Å². The van der Waals surface area contributed by atoms with E-state index < -0.39 is 0 Å². The molecule has 0 unspecified atom stereocenters. The molecule has 4 nitrogen and oxygen atoms in total. The number of halogens is 2. The Labute approximate surface area is 106 Å². The first-order valence-corrected chi connectivity index (χ1v) is 5.88. The van der Waals surface area contributed by atoms with Crippen LogP contribution in [-0.2, 0) is 13.1 Å². The van der Waals surface area contributed by atoms with Crippen LogP contribution >= 0.6 is 15.9 Å². The highest BCUT2D eigenvalue weighted by atomic mass is 79.9. The van der Waals surface area contributed by atoms with Crippen molar-refractivity contribution in [3.05, 3.63) is 45.8 Å². The Hall–Kier alpha value is -1.27. The molecule has 2 aromatic rings. The Balaban J connectivity index is 1.91. The van der Waals surface area contributed by atoms with E-state index in [4.69, 9.17) is 4.52 Å². The molecule has 0 saturated carbocycles. The van der Waals surface area contributed by atoms with E-state index >= 15 is 0 Å². The van der Waals surface area contributed by atoms with Crippen molar-refractivity contribution in [2.75, 3.05) is 0 Å². The number of aryl methyl sites for hydroxylation is 1. The van der Waals surface area contributed by atoms with Crippen molar-refractivity contribution in [1.82, 2.24) is 15.5 Å². The van der Waals surface area contributed by atoms with Crippen molar-refractivity contribution < 1.29 is 8.91 Å². The molecule has 6 heteroatoms. The summed E-state index contributed by atoms with van der Waals surface area (Å²) in [7, 11) is 0. The number of benzene rings is 1. The van der Waals surface area contributed by atoms with Gasteiger partial charge in [-0.15, -0.1) is 0 Å². The van der Waals surface area contributed by atoms with Gasteiger partial charge < -0.3 is 9.84 Å². The summed E-state index contributed by atoms with van der Waals surface area (Å²) in [5, 5.41) is 6.71. The third-order valence-electron chi connectivity index (χ3n) is 2.17. The van der Waals surface area contributed by atoms with Crippen molar-refractivity contribution >= 4 is 15.9 Å². The van der Waals surface area contributed by atoms with E-state index in [9.17, 15) is 4.39 Å². The number of hydrogen-bond acceptors (Lipinski definition) is 4. The number of nitrogens with one attached hydrogen (secondary N) is 1. The van der Waals surface area contributed by atoms with E-state index in [1.807, 2.05) is 0 Å². The largest absolute Gasteiger partial charge is 0.338 e. The zero-order chi connectivity index (χ0) is 12.3. The fraction of sp³-hybridized carbons (Fsp3) is 0.273. The first-order chi connectivity index (χ1) is 8.15. The van der Waals surface area contributed by atoms with Crippen LogP contribution in [-0.4, -0.2) is 10.1 Å². The predicted molar refractivity (Wildman–Crippen MR) is 63.7 cm³/mol. The van der Waals surface area contributed by atoms with Crippen LogP contribution < -0.4 is 5.32 Å². The molecular weight excluding hydrogens is 289 g/mol. The molecule has 0 aliphatic rings. The van der Waals surface area contributed by atoms with Gasteiger partial charge in [0.05, 0.1) is 6.54 Å². The molecule has 2 rings (SSSR count). The minimum absolute atomic E-state index is 0.234. The Morgan fingerprint density at radius 3 is 2.94 bits per heavy atom. The first kappa shape index (κ1) is 12.2. The number of rotatable bonds is 4. The van der Waals surface area contributed by atoms with Crippen molar-refractivity contribution in [2.45, 2.75) is 20.0 Å². The molecule has 0 fully saturated rings. The van der Waals surface area contributed by atoms with Crippen LogP contribution in [0.25, 0.3) is 0 Å².